The third-order valence-electron chi connectivity index (χ3n) is 3.02. The Bertz CT molecular complexity index is 349. The predicted molar refractivity (Wildman–Crippen MR) is 70.0 cm³/mol. The highest BCUT2D eigenvalue weighted by Gasteiger charge is 2.26. The van der Waals surface area contributed by atoms with Crippen LogP contribution in [0, 0.1) is 0 Å². The van der Waals surface area contributed by atoms with Gasteiger partial charge in [0.1, 0.15) is 5.60 Å². The van der Waals surface area contributed by atoms with E-state index in [1.165, 1.54) is 5.56 Å². The number of rotatable bonds is 6. The fraction of sp³-hybridized carbons (Fsp3) is 0.533. The van der Waals surface area contributed by atoms with Crippen LogP contribution >= 0.6 is 0 Å². The summed E-state index contributed by atoms with van der Waals surface area (Å²) in [6, 6.07) is 10.1. The summed E-state index contributed by atoms with van der Waals surface area (Å²) in [4.78, 5) is 11.9. The first-order valence-electron chi connectivity index (χ1n) is 6.25. The summed E-state index contributed by atoms with van der Waals surface area (Å²) in [5.41, 5.74) is -0.0345. The van der Waals surface area contributed by atoms with Crippen molar-refractivity contribution < 1.29 is 9.90 Å². The molecule has 0 saturated carbocycles. The van der Waals surface area contributed by atoms with E-state index in [1.54, 1.807) is 13.8 Å². The van der Waals surface area contributed by atoms with Gasteiger partial charge in [0.25, 0.3) is 0 Å². The van der Waals surface area contributed by atoms with E-state index in [9.17, 15) is 9.90 Å². The highest BCUT2D eigenvalue weighted by Crippen LogP contribution is 2.27. The van der Waals surface area contributed by atoms with Gasteiger partial charge in [-0.1, -0.05) is 43.7 Å². The Morgan fingerprint density at radius 2 is 1.88 bits per heavy atom. The zero-order valence-corrected chi connectivity index (χ0v) is 10.9. The standard InChI is InChI=1S/C15H22O2/c1-4-8-13(11-14(16)15(2,3)17)12-9-6-5-7-10-12/h5-7,9-10,13,17H,4,8,11H2,1-3H3. The first kappa shape index (κ1) is 13.9. The molecule has 0 aliphatic heterocycles. The molecule has 1 rings (SSSR count). The molecule has 0 spiro atoms. The molecule has 2 nitrogen and oxygen atoms in total. The molecule has 1 aromatic carbocycles. The number of ketones is 1. The molecule has 0 aliphatic rings. The van der Waals surface area contributed by atoms with Crippen molar-refractivity contribution in [3.8, 4) is 0 Å². The van der Waals surface area contributed by atoms with Gasteiger partial charge >= 0.3 is 0 Å². The summed E-state index contributed by atoms with van der Waals surface area (Å²) < 4.78 is 0. The maximum atomic E-state index is 11.9. The molecule has 17 heavy (non-hydrogen) atoms. The number of aliphatic hydroxyl groups is 1. The molecule has 1 unspecified atom stereocenters. The Labute approximate surface area is 104 Å². The minimum Gasteiger partial charge on any atom is -0.383 e. The van der Waals surface area contributed by atoms with Crippen molar-refractivity contribution in [3.05, 3.63) is 35.9 Å². The Kier molecular flexibility index (Phi) is 4.88. The lowest BCUT2D eigenvalue weighted by atomic mass is 9.86. The van der Waals surface area contributed by atoms with Crippen LogP contribution in [0.4, 0.5) is 0 Å². The van der Waals surface area contributed by atoms with E-state index >= 15 is 0 Å². The van der Waals surface area contributed by atoms with Crippen molar-refractivity contribution in [2.45, 2.75) is 51.6 Å². The van der Waals surface area contributed by atoms with E-state index in [0.717, 1.165) is 12.8 Å². The Morgan fingerprint density at radius 3 is 2.35 bits per heavy atom. The van der Waals surface area contributed by atoms with E-state index < -0.39 is 5.60 Å². The third kappa shape index (κ3) is 4.31. The molecule has 0 saturated heterocycles. The molecule has 0 fully saturated rings. The molecule has 1 atom stereocenters. The summed E-state index contributed by atoms with van der Waals surface area (Å²) >= 11 is 0. The Hall–Kier alpha value is -1.15. The summed E-state index contributed by atoms with van der Waals surface area (Å²) in [7, 11) is 0. The van der Waals surface area contributed by atoms with Crippen LogP contribution in [0.3, 0.4) is 0 Å². The van der Waals surface area contributed by atoms with Gasteiger partial charge in [-0.25, -0.2) is 0 Å². The van der Waals surface area contributed by atoms with Gasteiger partial charge in [0.2, 0.25) is 0 Å². The lowest BCUT2D eigenvalue weighted by molar-refractivity contribution is -0.134. The predicted octanol–water partition coefficient (Wildman–Crippen LogP) is 3.30. The molecule has 2 heteroatoms. The summed E-state index contributed by atoms with van der Waals surface area (Å²) in [6.07, 6.45) is 2.44. The first-order chi connectivity index (χ1) is 7.95. The van der Waals surface area contributed by atoms with Gasteiger partial charge in [-0.15, -0.1) is 0 Å². The SMILES string of the molecule is CCCC(CC(=O)C(C)(C)O)c1ccccc1. The van der Waals surface area contributed by atoms with Gasteiger partial charge < -0.3 is 5.11 Å². The molecule has 0 heterocycles. The van der Waals surface area contributed by atoms with E-state index in [-0.39, 0.29) is 11.7 Å². The van der Waals surface area contributed by atoms with Crippen LogP contribution in [0.1, 0.15) is 51.5 Å². The lowest BCUT2D eigenvalue weighted by Gasteiger charge is -2.21. The van der Waals surface area contributed by atoms with Crippen LogP contribution in [-0.2, 0) is 4.79 Å². The monoisotopic (exact) mass is 234 g/mol. The molecule has 1 aromatic rings. The van der Waals surface area contributed by atoms with Crippen molar-refractivity contribution in [1.82, 2.24) is 0 Å². The highest BCUT2D eigenvalue weighted by atomic mass is 16.3. The molecular weight excluding hydrogens is 212 g/mol. The van der Waals surface area contributed by atoms with Gasteiger partial charge in [-0.05, 0) is 31.7 Å². The maximum Gasteiger partial charge on any atom is 0.164 e. The minimum absolute atomic E-state index is 0.0835. The summed E-state index contributed by atoms with van der Waals surface area (Å²) in [5, 5.41) is 9.70. The molecule has 0 aliphatic carbocycles. The normalized spacial score (nSPS) is 13.4. The fourth-order valence-corrected chi connectivity index (χ4v) is 1.93. The van der Waals surface area contributed by atoms with Crippen molar-refractivity contribution in [3.63, 3.8) is 0 Å². The molecule has 1 N–H and O–H groups in total. The van der Waals surface area contributed by atoms with Crippen LogP contribution in [0.5, 0.6) is 0 Å². The fourth-order valence-electron chi connectivity index (χ4n) is 1.93. The van der Waals surface area contributed by atoms with Crippen molar-refractivity contribution in [2.75, 3.05) is 0 Å². The average molecular weight is 234 g/mol. The van der Waals surface area contributed by atoms with Crippen LogP contribution in [0.2, 0.25) is 0 Å². The number of carbonyl (C=O) groups is 1. The van der Waals surface area contributed by atoms with Crippen LogP contribution < -0.4 is 0 Å². The third-order valence-corrected chi connectivity index (χ3v) is 3.02. The summed E-state index contributed by atoms with van der Waals surface area (Å²) in [5.74, 6) is 0.139. The Morgan fingerprint density at radius 1 is 1.29 bits per heavy atom. The second kappa shape index (κ2) is 5.97. The first-order valence-corrected chi connectivity index (χ1v) is 6.25. The zero-order valence-electron chi connectivity index (χ0n) is 10.9. The number of carbonyl (C=O) groups excluding carboxylic acids is 1. The largest absolute Gasteiger partial charge is 0.383 e. The maximum absolute atomic E-state index is 11.9. The van der Waals surface area contributed by atoms with E-state index in [0.29, 0.717) is 6.42 Å². The molecular formula is C15H22O2. The van der Waals surface area contributed by atoms with Crippen LogP contribution in [-0.4, -0.2) is 16.5 Å². The molecule has 0 amide bonds. The Balaban J connectivity index is 2.78. The number of hydrogen-bond acceptors (Lipinski definition) is 2. The van der Waals surface area contributed by atoms with Gasteiger partial charge in [-0.2, -0.15) is 0 Å². The average Bonchev–Trinajstić information content (AvgIpc) is 2.28. The van der Waals surface area contributed by atoms with Gasteiger partial charge in [0.05, 0.1) is 0 Å². The molecule has 0 bridgehead atoms. The quantitative estimate of drug-likeness (QED) is 0.820. The summed E-state index contributed by atoms with van der Waals surface area (Å²) in [6.45, 7) is 5.23. The molecule has 0 radical (unpaired) electrons. The zero-order chi connectivity index (χ0) is 12.9. The van der Waals surface area contributed by atoms with Gasteiger partial charge in [0, 0.05) is 6.42 Å². The van der Waals surface area contributed by atoms with Gasteiger partial charge in [-0.3, -0.25) is 4.79 Å². The van der Waals surface area contributed by atoms with E-state index in [1.807, 2.05) is 18.2 Å². The number of benzene rings is 1. The smallest absolute Gasteiger partial charge is 0.164 e. The van der Waals surface area contributed by atoms with Crippen molar-refractivity contribution >= 4 is 5.78 Å². The van der Waals surface area contributed by atoms with E-state index in [4.69, 9.17) is 0 Å². The molecule has 0 aromatic heterocycles. The van der Waals surface area contributed by atoms with Crippen LogP contribution in [0.15, 0.2) is 30.3 Å². The number of Topliss-reactive ketones (excluding diaryl/α,β-unsaturated/α-hetero) is 1. The molecule has 94 valence electrons. The second-order valence-electron chi connectivity index (χ2n) is 5.08. The number of hydrogen-bond donors (Lipinski definition) is 1. The van der Waals surface area contributed by atoms with E-state index in [2.05, 4.69) is 19.1 Å². The topological polar surface area (TPSA) is 37.3 Å². The highest BCUT2D eigenvalue weighted by molar-refractivity contribution is 5.86. The van der Waals surface area contributed by atoms with Crippen molar-refractivity contribution in [1.29, 1.82) is 0 Å². The van der Waals surface area contributed by atoms with Crippen molar-refractivity contribution in [2.24, 2.45) is 0 Å². The second-order valence-corrected chi connectivity index (χ2v) is 5.08. The van der Waals surface area contributed by atoms with Crippen LogP contribution in [0.25, 0.3) is 0 Å². The minimum atomic E-state index is -1.22. The lowest BCUT2D eigenvalue weighted by Crippen LogP contribution is -2.32. The van der Waals surface area contributed by atoms with Gasteiger partial charge in [0.15, 0.2) is 5.78 Å².